The molecule has 2 heterocycles. The van der Waals surface area contributed by atoms with Gasteiger partial charge in [0, 0.05) is 18.3 Å². The first-order valence-electron chi connectivity index (χ1n) is 8.00. The Kier molecular flexibility index (Phi) is 5.53. The van der Waals surface area contributed by atoms with Crippen LogP contribution in [0, 0.1) is 19.8 Å². The molecule has 0 bridgehead atoms. The van der Waals surface area contributed by atoms with Gasteiger partial charge in [-0.2, -0.15) is 0 Å². The standard InChI is InChI=1S/C16H28N4O/c1-11(10-20-7-5-6-8-20)9-17-12(2)15-13(3)18-14(4)19-16(15)21/h11-12,17H,5-10H2,1-4H3,(H,18,19,21). The Morgan fingerprint density at radius 2 is 1.95 bits per heavy atom. The lowest BCUT2D eigenvalue weighted by atomic mass is 10.1. The molecule has 1 aliphatic rings. The predicted molar refractivity (Wildman–Crippen MR) is 85.6 cm³/mol. The summed E-state index contributed by atoms with van der Waals surface area (Å²) in [5.41, 5.74) is 1.56. The Morgan fingerprint density at radius 3 is 2.57 bits per heavy atom. The van der Waals surface area contributed by atoms with E-state index in [0.717, 1.165) is 24.3 Å². The summed E-state index contributed by atoms with van der Waals surface area (Å²) >= 11 is 0. The summed E-state index contributed by atoms with van der Waals surface area (Å²) in [6.45, 7) is 12.6. The normalized spacial score (nSPS) is 18.9. The van der Waals surface area contributed by atoms with E-state index in [-0.39, 0.29) is 11.6 Å². The maximum absolute atomic E-state index is 12.1. The minimum atomic E-state index is -0.0211. The number of aryl methyl sites for hydroxylation is 2. The molecule has 1 fully saturated rings. The summed E-state index contributed by atoms with van der Waals surface area (Å²) in [5.74, 6) is 1.26. The molecule has 2 unspecified atom stereocenters. The fourth-order valence-corrected chi connectivity index (χ4v) is 3.20. The second-order valence-corrected chi connectivity index (χ2v) is 6.39. The Bertz CT molecular complexity index is 519. The number of H-pyrrole nitrogens is 1. The van der Waals surface area contributed by atoms with Gasteiger partial charge >= 0.3 is 0 Å². The van der Waals surface area contributed by atoms with Crippen molar-refractivity contribution in [3.8, 4) is 0 Å². The molecule has 2 atom stereocenters. The average molecular weight is 292 g/mol. The van der Waals surface area contributed by atoms with Crippen molar-refractivity contribution in [2.24, 2.45) is 5.92 Å². The highest BCUT2D eigenvalue weighted by Crippen LogP contribution is 2.13. The molecule has 0 radical (unpaired) electrons. The highest BCUT2D eigenvalue weighted by Gasteiger charge is 2.17. The summed E-state index contributed by atoms with van der Waals surface area (Å²) in [4.78, 5) is 21.8. The number of nitrogens with one attached hydrogen (secondary N) is 2. The summed E-state index contributed by atoms with van der Waals surface area (Å²) in [5, 5.41) is 3.49. The molecular weight excluding hydrogens is 264 g/mol. The van der Waals surface area contributed by atoms with E-state index in [2.05, 4.69) is 27.1 Å². The molecule has 0 aliphatic carbocycles. The molecule has 0 spiro atoms. The van der Waals surface area contributed by atoms with Crippen molar-refractivity contribution in [3.63, 3.8) is 0 Å². The highest BCUT2D eigenvalue weighted by atomic mass is 16.1. The van der Waals surface area contributed by atoms with Crippen molar-refractivity contribution in [2.75, 3.05) is 26.2 Å². The van der Waals surface area contributed by atoms with Gasteiger partial charge in [-0.1, -0.05) is 6.92 Å². The molecule has 5 nitrogen and oxygen atoms in total. The quantitative estimate of drug-likeness (QED) is 0.839. The first-order chi connectivity index (χ1) is 9.97. The van der Waals surface area contributed by atoms with Gasteiger partial charge in [0.1, 0.15) is 5.82 Å². The lowest BCUT2D eigenvalue weighted by Crippen LogP contribution is -2.34. The van der Waals surface area contributed by atoms with Gasteiger partial charge in [0.05, 0.1) is 5.56 Å². The van der Waals surface area contributed by atoms with Crippen LogP contribution >= 0.6 is 0 Å². The van der Waals surface area contributed by atoms with E-state index in [1.165, 1.54) is 25.9 Å². The number of rotatable bonds is 6. The summed E-state index contributed by atoms with van der Waals surface area (Å²) < 4.78 is 0. The number of aromatic nitrogens is 2. The topological polar surface area (TPSA) is 61.0 Å². The zero-order valence-corrected chi connectivity index (χ0v) is 13.7. The molecule has 2 rings (SSSR count). The minimum absolute atomic E-state index is 0.0211. The van der Waals surface area contributed by atoms with Crippen molar-refractivity contribution in [1.82, 2.24) is 20.2 Å². The zero-order valence-electron chi connectivity index (χ0n) is 13.7. The predicted octanol–water partition coefficient (Wildman–Crippen LogP) is 1.77. The molecule has 21 heavy (non-hydrogen) atoms. The second kappa shape index (κ2) is 7.18. The van der Waals surface area contributed by atoms with Crippen molar-refractivity contribution in [3.05, 3.63) is 27.4 Å². The van der Waals surface area contributed by atoms with Gasteiger partial charge in [-0.05, 0) is 59.2 Å². The average Bonchev–Trinajstić information content (AvgIpc) is 2.88. The van der Waals surface area contributed by atoms with E-state index in [1.54, 1.807) is 0 Å². The maximum atomic E-state index is 12.1. The number of aromatic amines is 1. The van der Waals surface area contributed by atoms with E-state index in [1.807, 2.05) is 20.8 Å². The van der Waals surface area contributed by atoms with Crippen LogP contribution in [0.1, 0.15) is 49.8 Å². The van der Waals surface area contributed by atoms with Gasteiger partial charge in [-0.3, -0.25) is 4.79 Å². The van der Waals surface area contributed by atoms with Crippen LogP contribution in [0.25, 0.3) is 0 Å². The van der Waals surface area contributed by atoms with E-state index in [0.29, 0.717) is 11.7 Å². The number of hydrogen-bond acceptors (Lipinski definition) is 4. The second-order valence-electron chi connectivity index (χ2n) is 6.39. The van der Waals surface area contributed by atoms with Crippen LogP contribution in [-0.4, -0.2) is 41.0 Å². The summed E-state index contributed by atoms with van der Waals surface area (Å²) in [6, 6.07) is 0.0304. The lowest BCUT2D eigenvalue weighted by molar-refractivity contribution is 0.279. The Labute approximate surface area is 127 Å². The summed E-state index contributed by atoms with van der Waals surface area (Å²) in [6.07, 6.45) is 2.67. The van der Waals surface area contributed by atoms with Crippen LogP contribution in [-0.2, 0) is 0 Å². The Hall–Kier alpha value is -1.20. The summed E-state index contributed by atoms with van der Waals surface area (Å²) in [7, 11) is 0. The van der Waals surface area contributed by atoms with Crippen molar-refractivity contribution in [2.45, 2.75) is 46.6 Å². The molecule has 1 aromatic rings. The third-order valence-electron chi connectivity index (χ3n) is 4.24. The first kappa shape index (κ1) is 16.2. The fourth-order valence-electron chi connectivity index (χ4n) is 3.20. The Balaban J connectivity index is 1.89. The van der Waals surface area contributed by atoms with Crippen molar-refractivity contribution in [1.29, 1.82) is 0 Å². The van der Waals surface area contributed by atoms with Gasteiger partial charge in [-0.25, -0.2) is 4.98 Å². The van der Waals surface area contributed by atoms with Gasteiger partial charge in [-0.15, -0.1) is 0 Å². The minimum Gasteiger partial charge on any atom is -0.310 e. The third kappa shape index (κ3) is 4.38. The molecular formula is C16H28N4O. The lowest BCUT2D eigenvalue weighted by Gasteiger charge is -2.22. The SMILES string of the molecule is Cc1nc(C)c(C(C)NCC(C)CN2CCCC2)c(=O)[nH]1. The molecule has 5 heteroatoms. The van der Waals surface area contributed by atoms with Gasteiger partial charge in [0.15, 0.2) is 0 Å². The smallest absolute Gasteiger partial charge is 0.255 e. The van der Waals surface area contributed by atoms with E-state index in [4.69, 9.17) is 0 Å². The van der Waals surface area contributed by atoms with Crippen LogP contribution in [0.2, 0.25) is 0 Å². The Morgan fingerprint density at radius 1 is 1.29 bits per heavy atom. The van der Waals surface area contributed by atoms with Crippen molar-refractivity contribution < 1.29 is 0 Å². The molecule has 0 saturated carbocycles. The fraction of sp³-hybridized carbons (Fsp3) is 0.750. The number of likely N-dealkylation sites (tertiary alicyclic amines) is 1. The molecule has 0 aromatic carbocycles. The van der Waals surface area contributed by atoms with Gasteiger partial charge in [0.2, 0.25) is 0 Å². The molecule has 1 aromatic heterocycles. The molecule has 0 amide bonds. The van der Waals surface area contributed by atoms with Crippen LogP contribution in [0.4, 0.5) is 0 Å². The zero-order chi connectivity index (χ0) is 15.4. The number of nitrogens with zero attached hydrogens (tertiary/aromatic N) is 2. The number of hydrogen-bond donors (Lipinski definition) is 2. The van der Waals surface area contributed by atoms with Crippen LogP contribution in [0.3, 0.4) is 0 Å². The van der Waals surface area contributed by atoms with Gasteiger partial charge < -0.3 is 15.2 Å². The van der Waals surface area contributed by atoms with Crippen LogP contribution < -0.4 is 10.9 Å². The molecule has 2 N–H and O–H groups in total. The first-order valence-corrected chi connectivity index (χ1v) is 8.00. The largest absolute Gasteiger partial charge is 0.310 e. The molecule has 118 valence electrons. The molecule has 1 aliphatic heterocycles. The highest BCUT2D eigenvalue weighted by molar-refractivity contribution is 5.19. The van der Waals surface area contributed by atoms with E-state index in [9.17, 15) is 4.79 Å². The monoisotopic (exact) mass is 292 g/mol. The van der Waals surface area contributed by atoms with Gasteiger partial charge in [0.25, 0.3) is 5.56 Å². The third-order valence-corrected chi connectivity index (χ3v) is 4.24. The maximum Gasteiger partial charge on any atom is 0.255 e. The molecule has 1 saturated heterocycles. The van der Waals surface area contributed by atoms with E-state index < -0.39 is 0 Å². The van der Waals surface area contributed by atoms with Crippen molar-refractivity contribution >= 4 is 0 Å². The van der Waals surface area contributed by atoms with Crippen LogP contribution in [0.5, 0.6) is 0 Å². The van der Waals surface area contributed by atoms with E-state index >= 15 is 0 Å². The van der Waals surface area contributed by atoms with Crippen LogP contribution in [0.15, 0.2) is 4.79 Å².